The summed E-state index contributed by atoms with van der Waals surface area (Å²) in [5.74, 6) is 0. The maximum absolute atomic E-state index is 14.3. The number of rotatable bonds is 5. The monoisotopic (exact) mass is 614 g/mol. The lowest BCUT2D eigenvalue weighted by Crippen LogP contribution is -2.18. The highest BCUT2D eigenvalue weighted by molar-refractivity contribution is 8.02. The Hall–Kier alpha value is -4.38. The predicted octanol–water partition coefficient (Wildman–Crippen LogP) is 9.06. The Morgan fingerprint density at radius 2 is 1.12 bits per heavy atom. The maximum atomic E-state index is 14.3. The van der Waals surface area contributed by atoms with Crippen molar-refractivity contribution in [2.75, 3.05) is 5.32 Å². The van der Waals surface area contributed by atoms with Gasteiger partial charge in [0.15, 0.2) is 9.84 Å². The van der Waals surface area contributed by atoms with Gasteiger partial charge in [0.05, 0.1) is 28.2 Å². The van der Waals surface area contributed by atoms with Crippen LogP contribution in [0.15, 0.2) is 108 Å². The third kappa shape index (κ3) is 6.22. The van der Waals surface area contributed by atoms with E-state index in [2.05, 4.69) is 10.3 Å². The second-order valence-corrected chi connectivity index (χ2v) is 12.1. The zero-order chi connectivity index (χ0) is 31.2. The Labute approximate surface area is 244 Å². The van der Waals surface area contributed by atoms with E-state index in [1.54, 1.807) is 48.5 Å². The van der Waals surface area contributed by atoms with Crippen LogP contribution in [-0.4, -0.2) is 14.1 Å². The largest absolute Gasteiger partial charge is 0.416 e. The third-order valence-electron chi connectivity index (χ3n) is 6.95. The first-order chi connectivity index (χ1) is 20.1. The molecule has 0 saturated heterocycles. The Morgan fingerprint density at radius 3 is 1.60 bits per heavy atom. The van der Waals surface area contributed by atoms with Gasteiger partial charge in [-0.15, -0.1) is 0 Å². The van der Waals surface area contributed by atoms with Crippen molar-refractivity contribution < 1.29 is 34.8 Å². The van der Waals surface area contributed by atoms with E-state index in [4.69, 9.17) is 0 Å². The number of nitrogens with one attached hydrogen (secondary N) is 1. The van der Waals surface area contributed by atoms with Gasteiger partial charge < -0.3 is 5.32 Å². The van der Waals surface area contributed by atoms with Gasteiger partial charge in [0.25, 0.3) is 0 Å². The van der Waals surface area contributed by atoms with Crippen molar-refractivity contribution in [2.24, 2.45) is 4.99 Å². The molecular weight excluding hydrogens is 590 g/mol. The van der Waals surface area contributed by atoms with Crippen molar-refractivity contribution in [3.05, 3.63) is 136 Å². The molecule has 11 heteroatoms. The number of hydrogen-bond acceptors (Lipinski definition) is 4. The predicted molar refractivity (Wildman–Crippen MR) is 155 cm³/mol. The van der Waals surface area contributed by atoms with E-state index in [0.29, 0.717) is 11.4 Å². The van der Waals surface area contributed by atoms with E-state index in [0.717, 1.165) is 59.7 Å². The van der Waals surface area contributed by atoms with Gasteiger partial charge in [0, 0.05) is 5.69 Å². The molecule has 1 N–H and O–H groups in total. The van der Waals surface area contributed by atoms with Crippen LogP contribution >= 0.6 is 0 Å². The Balaban J connectivity index is 1.77. The average Bonchev–Trinajstić information content (AvgIpc) is 3.15. The molecule has 4 aromatic carbocycles. The molecule has 0 spiro atoms. The molecule has 0 radical (unpaired) electrons. The molecule has 1 atom stereocenters. The lowest BCUT2D eigenvalue weighted by atomic mass is 10.0. The van der Waals surface area contributed by atoms with E-state index in [9.17, 15) is 34.8 Å². The summed E-state index contributed by atoms with van der Waals surface area (Å²) in [6, 6.07) is 21.3. The van der Waals surface area contributed by atoms with Crippen LogP contribution in [-0.2, 0) is 22.2 Å². The molecule has 4 aromatic rings. The quantitative estimate of drug-likeness (QED) is 0.228. The number of nitrogens with zero attached hydrogens (tertiary/aromatic N) is 1. The van der Waals surface area contributed by atoms with Crippen molar-refractivity contribution in [1.29, 1.82) is 0 Å². The summed E-state index contributed by atoms with van der Waals surface area (Å²) in [5.41, 5.74) is 0.755. The summed E-state index contributed by atoms with van der Waals surface area (Å²) in [6.45, 7) is 3.72. The molecule has 1 unspecified atom stereocenters. The normalized spacial score (nSPS) is 17.9. The van der Waals surface area contributed by atoms with Crippen LogP contribution in [0.5, 0.6) is 0 Å². The number of sulfone groups is 1. The molecule has 0 bridgehead atoms. The molecule has 1 aliphatic rings. The molecule has 0 aliphatic carbocycles. The minimum absolute atomic E-state index is 0.00841. The van der Waals surface area contributed by atoms with Crippen LogP contribution < -0.4 is 5.32 Å². The highest BCUT2D eigenvalue weighted by Crippen LogP contribution is 2.47. The number of aryl methyl sites for hydroxylation is 2. The van der Waals surface area contributed by atoms with Gasteiger partial charge in [-0.2, -0.15) is 26.3 Å². The van der Waals surface area contributed by atoms with Gasteiger partial charge in [0.1, 0.15) is 10.2 Å². The fraction of sp³-hybridized carbons (Fsp3) is 0.156. The smallest absolute Gasteiger partial charge is 0.353 e. The summed E-state index contributed by atoms with van der Waals surface area (Å²) >= 11 is 0. The van der Waals surface area contributed by atoms with Crippen LogP contribution in [0.25, 0.3) is 4.91 Å². The molecule has 222 valence electrons. The number of halogens is 6. The number of anilines is 1. The molecule has 0 amide bonds. The van der Waals surface area contributed by atoms with Crippen LogP contribution in [0, 0.1) is 13.8 Å². The topological polar surface area (TPSA) is 58.5 Å². The summed E-state index contributed by atoms with van der Waals surface area (Å²) in [7, 11) is -4.46. The zero-order valence-corrected chi connectivity index (χ0v) is 23.6. The van der Waals surface area contributed by atoms with Gasteiger partial charge in [-0.3, -0.25) is 0 Å². The van der Waals surface area contributed by atoms with E-state index >= 15 is 0 Å². The van der Waals surface area contributed by atoms with Crippen LogP contribution in [0.3, 0.4) is 0 Å². The van der Waals surface area contributed by atoms with Gasteiger partial charge in [-0.25, -0.2) is 13.4 Å². The van der Waals surface area contributed by atoms with E-state index in [1.165, 1.54) is 0 Å². The molecule has 0 aromatic heterocycles. The minimum Gasteiger partial charge on any atom is -0.353 e. The summed E-state index contributed by atoms with van der Waals surface area (Å²) in [4.78, 5) is 4.34. The molecule has 1 aliphatic heterocycles. The fourth-order valence-electron chi connectivity index (χ4n) is 4.73. The number of allylic oxidation sites excluding steroid dienone is 1. The lowest BCUT2D eigenvalue weighted by Gasteiger charge is -2.16. The van der Waals surface area contributed by atoms with Crippen molar-refractivity contribution in [3.63, 3.8) is 0 Å². The minimum atomic E-state index is -4.65. The first-order valence-corrected chi connectivity index (χ1v) is 14.5. The van der Waals surface area contributed by atoms with Crippen LogP contribution in [0.2, 0.25) is 0 Å². The zero-order valence-electron chi connectivity index (χ0n) is 22.8. The standard InChI is InChI=1S/C32H24F6N2O2S/c1-19-3-15-25(16-4-19)39-27-28(40-26-17-5-20(2)6-18-26)30(22-9-13-24(14-10-22)32(36,37)38)43(41,42)29(27)21-7-11-23(12-8-21)31(33,34)35/h3-18,29,40H,1-2H3. The van der Waals surface area contributed by atoms with Crippen molar-refractivity contribution in [2.45, 2.75) is 31.5 Å². The second kappa shape index (κ2) is 11.0. The van der Waals surface area contributed by atoms with Crippen molar-refractivity contribution >= 4 is 31.8 Å². The molecular formula is C32H24F6N2O2S. The van der Waals surface area contributed by atoms with Crippen molar-refractivity contribution in [3.8, 4) is 0 Å². The molecule has 43 heavy (non-hydrogen) atoms. The van der Waals surface area contributed by atoms with Crippen LogP contribution in [0.4, 0.5) is 37.7 Å². The Morgan fingerprint density at radius 1 is 0.651 bits per heavy atom. The second-order valence-electron chi connectivity index (χ2n) is 10.1. The molecule has 0 fully saturated rings. The highest BCUT2D eigenvalue weighted by Gasteiger charge is 2.47. The molecule has 4 nitrogen and oxygen atoms in total. The maximum Gasteiger partial charge on any atom is 0.416 e. The number of hydrogen-bond donors (Lipinski definition) is 1. The summed E-state index contributed by atoms with van der Waals surface area (Å²) in [6.07, 6.45) is -9.29. The van der Waals surface area contributed by atoms with Crippen LogP contribution in [0.1, 0.15) is 38.6 Å². The lowest BCUT2D eigenvalue weighted by molar-refractivity contribution is -0.138. The van der Waals surface area contributed by atoms with Gasteiger partial charge in [0.2, 0.25) is 0 Å². The average molecular weight is 615 g/mol. The van der Waals surface area contributed by atoms with Gasteiger partial charge in [-0.05, 0) is 73.5 Å². The van der Waals surface area contributed by atoms with Crippen molar-refractivity contribution in [1.82, 2.24) is 0 Å². The molecule has 0 saturated carbocycles. The highest BCUT2D eigenvalue weighted by atomic mass is 32.2. The number of benzene rings is 4. The molecule has 5 rings (SSSR count). The van der Waals surface area contributed by atoms with E-state index in [1.807, 2.05) is 13.8 Å². The first-order valence-electron chi connectivity index (χ1n) is 13.0. The number of aliphatic imine (C=N–C) groups is 1. The van der Waals surface area contributed by atoms with E-state index < -0.39 is 38.6 Å². The third-order valence-corrected chi connectivity index (χ3v) is 9.07. The summed E-state index contributed by atoms with van der Waals surface area (Å²) < 4.78 is 109. The molecule has 1 heterocycles. The fourth-order valence-corrected chi connectivity index (χ4v) is 6.85. The Bertz CT molecular complexity index is 1810. The number of alkyl halides is 6. The first kappa shape index (κ1) is 30.1. The summed E-state index contributed by atoms with van der Waals surface area (Å²) in [5, 5.41) is 1.55. The van der Waals surface area contributed by atoms with Gasteiger partial charge in [-0.1, -0.05) is 59.7 Å². The van der Waals surface area contributed by atoms with E-state index in [-0.39, 0.29) is 27.4 Å². The Kier molecular flexibility index (Phi) is 7.72. The SMILES string of the molecule is Cc1ccc(N=C2C(Nc3ccc(C)cc3)=C(c3ccc(C(F)(F)F)cc3)S(=O)(=O)C2c2ccc(C(F)(F)F)cc2)cc1. The van der Waals surface area contributed by atoms with Gasteiger partial charge >= 0.3 is 12.4 Å².